The normalized spacial score (nSPS) is 11.4. The second-order valence-corrected chi connectivity index (χ2v) is 5.99. The summed E-state index contributed by atoms with van der Waals surface area (Å²) in [5.74, 6) is -2.06. The molecule has 112 valence electrons. The Morgan fingerprint density at radius 3 is 2.62 bits per heavy atom. The van der Waals surface area contributed by atoms with Gasteiger partial charge >= 0.3 is 0 Å². The number of sulfonamides is 1. The van der Waals surface area contributed by atoms with Crippen molar-refractivity contribution in [2.24, 2.45) is 5.73 Å². The highest BCUT2D eigenvalue weighted by atomic mass is 32.2. The van der Waals surface area contributed by atoms with E-state index in [4.69, 9.17) is 5.73 Å². The fourth-order valence-electron chi connectivity index (χ4n) is 1.76. The Bertz CT molecular complexity index is 779. The maximum atomic E-state index is 14.1. The van der Waals surface area contributed by atoms with Crippen molar-refractivity contribution in [1.82, 2.24) is 4.98 Å². The predicted molar refractivity (Wildman–Crippen MR) is 74.0 cm³/mol. The zero-order valence-corrected chi connectivity index (χ0v) is 11.9. The first-order valence-corrected chi connectivity index (χ1v) is 7.45. The van der Waals surface area contributed by atoms with Crippen molar-refractivity contribution in [2.75, 3.05) is 4.72 Å². The number of pyridine rings is 1. The molecule has 0 atom stereocenters. The van der Waals surface area contributed by atoms with Crippen molar-refractivity contribution < 1.29 is 17.2 Å². The molecule has 1 aromatic carbocycles. The first-order chi connectivity index (χ1) is 9.86. The quantitative estimate of drug-likeness (QED) is 0.903. The minimum atomic E-state index is -4.19. The average Bonchev–Trinajstić information content (AvgIpc) is 2.41. The number of anilines is 1. The van der Waals surface area contributed by atoms with Crippen LogP contribution in [-0.4, -0.2) is 13.4 Å². The van der Waals surface area contributed by atoms with Crippen LogP contribution in [0.3, 0.4) is 0 Å². The third kappa shape index (κ3) is 3.01. The summed E-state index contributed by atoms with van der Waals surface area (Å²) >= 11 is 0. The minimum Gasteiger partial charge on any atom is -0.326 e. The molecule has 0 aliphatic heterocycles. The zero-order valence-electron chi connectivity index (χ0n) is 11.1. The van der Waals surface area contributed by atoms with E-state index in [0.717, 1.165) is 12.1 Å². The molecule has 0 aliphatic rings. The molecule has 0 aliphatic carbocycles. The molecule has 21 heavy (non-hydrogen) atoms. The van der Waals surface area contributed by atoms with Crippen molar-refractivity contribution in [1.29, 1.82) is 0 Å². The molecular weight excluding hydrogens is 300 g/mol. The van der Waals surface area contributed by atoms with E-state index < -0.39 is 38.7 Å². The molecule has 2 aromatic rings. The molecule has 0 radical (unpaired) electrons. The molecule has 1 heterocycles. The van der Waals surface area contributed by atoms with Crippen molar-refractivity contribution >= 4 is 15.7 Å². The van der Waals surface area contributed by atoms with Gasteiger partial charge in [0.25, 0.3) is 10.0 Å². The predicted octanol–water partition coefficient (Wildman–Crippen LogP) is 1.93. The lowest BCUT2D eigenvalue weighted by Crippen LogP contribution is -2.17. The van der Waals surface area contributed by atoms with Crippen LogP contribution in [0.1, 0.15) is 11.1 Å². The first kappa shape index (κ1) is 15.3. The molecule has 5 nitrogen and oxygen atoms in total. The van der Waals surface area contributed by atoms with Gasteiger partial charge in [-0.1, -0.05) is 0 Å². The van der Waals surface area contributed by atoms with E-state index in [2.05, 4.69) is 9.71 Å². The molecule has 1 aromatic heterocycles. The molecule has 8 heteroatoms. The van der Waals surface area contributed by atoms with Crippen molar-refractivity contribution in [3.63, 3.8) is 0 Å². The fraction of sp³-hybridized carbons (Fsp3) is 0.154. The van der Waals surface area contributed by atoms with E-state index in [1.807, 2.05) is 0 Å². The summed E-state index contributed by atoms with van der Waals surface area (Å²) in [4.78, 5) is 3.18. The zero-order chi connectivity index (χ0) is 15.6. The lowest BCUT2D eigenvalue weighted by Gasteiger charge is -2.12. The van der Waals surface area contributed by atoms with Gasteiger partial charge in [0, 0.05) is 24.5 Å². The second-order valence-electron chi connectivity index (χ2n) is 4.34. The van der Waals surface area contributed by atoms with E-state index in [1.54, 1.807) is 6.92 Å². The maximum Gasteiger partial charge on any atom is 0.264 e. The van der Waals surface area contributed by atoms with Crippen LogP contribution in [0.25, 0.3) is 0 Å². The second kappa shape index (κ2) is 5.74. The Morgan fingerprint density at radius 1 is 1.29 bits per heavy atom. The summed E-state index contributed by atoms with van der Waals surface area (Å²) in [6.45, 7) is 1.21. The number of nitrogens with zero attached hydrogens (tertiary/aromatic N) is 1. The molecule has 0 saturated heterocycles. The molecule has 0 amide bonds. The van der Waals surface area contributed by atoms with Crippen LogP contribution in [0.2, 0.25) is 0 Å². The van der Waals surface area contributed by atoms with Gasteiger partial charge in [0.1, 0.15) is 10.7 Å². The largest absolute Gasteiger partial charge is 0.326 e. The van der Waals surface area contributed by atoms with Gasteiger partial charge in [0.15, 0.2) is 5.82 Å². The number of hydrogen-bond donors (Lipinski definition) is 2. The minimum absolute atomic E-state index is 0.267. The standard InChI is InChI=1S/C13H13F2N3O2S/c1-8-7-17-5-4-11(8)18-21(19,20)12-3-2-10(14)9(6-16)13(12)15/h2-5,7H,6,16H2,1H3,(H,17,18). The lowest BCUT2D eigenvalue weighted by atomic mass is 10.2. The van der Waals surface area contributed by atoms with Crippen LogP contribution in [0, 0.1) is 18.6 Å². The molecule has 0 unspecified atom stereocenters. The fourth-order valence-corrected chi connectivity index (χ4v) is 2.99. The summed E-state index contributed by atoms with van der Waals surface area (Å²) in [5.41, 5.74) is 5.61. The highest BCUT2D eigenvalue weighted by molar-refractivity contribution is 7.92. The topological polar surface area (TPSA) is 85.1 Å². The van der Waals surface area contributed by atoms with E-state index >= 15 is 0 Å². The molecule has 0 saturated carbocycles. The van der Waals surface area contributed by atoms with Gasteiger partial charge in [-0.2, -0.15) is 0 Å². The van der Waals surface area contributed by atoms with Gasteiger partial charge in [0.05, 0.1) is 5.69 Å². The summed E-state index contributed by atoms with van der Waals surface area (Å²) in [5, 5.41) is 0. The highest BCUT2D eigenvalue weighted by Gasteiger charge is 2.23. The number of rotatable bonds is 4. The summed E-state index contributed by atoms with van der Waals surface area (Å²) in [7, 11) is -4.19. The van der Waals surface area contributed by atoms with E-state index in [1.165, 1.54) is 18.5 Å². The van der Waals surface area contributed by atoms with Crippen LogP contribution in [0.15, 0.2) is 35.5 Å². The number of halogens is 2. The molecule has 2 rings (SSSR count). The van der Waals surface area contributed by atoms with Crippen LogP contribution >= 0.6 is 0 Å². The first-order valence-electron chi connectivity index (χ1n) is 5.97. The monoisotopic (exact) mass is 313 g/mol. The Kier molecular flexibility index (Phi) is 4.19. The van der Waals surface area contributed by atoms with Crippen molar-refractivity contribution in [3.8, 4) is 0 Å². The summed E-state index contributed by atoms with van der Waals surface area (Å²) in [6, 6.07) is 3.18. The van der Waals surface area contributed by atoms with Gasteiger partial charge in [-0.25, -0.2) is 17.2 Å². The molecule has 3 N–H and O–H groups in total. The summed E-state index contributed by atoms with van der Waals surface area (Å²) < 4.78 is 54.1. The Labute approximate surface area is 120 Å². The molecule has 0 bridgehead atoms. The molecule has 0 spiro atoms. The van der Waals surface area contributed by atoms with Crippen LogP contribution in [-0.2, 0) is 16.6 Å². The number of benzene rings is 1. The number of aromatic nitrogens is 1. The number of aryl methyl sites for hydroxylation is 1. The lowest BCUT2D eigenvalue weighted by molar-refractivity contribution is 0.530. The highest BCUT2D eigenvalue weighted by Crippen LogP contribution is 2.24. The Morgan fingerprint density at radius 2 is 2.00 bits per heavy atom. The SMILES string of the molecule is Cc1cnccc1NS(=O)(=O)c1ccc(F)c(CN)c1F. The van der Waals surface area contributed by atoms with Crippen LogP contribution < -0.4 is 10.5 Å². The van der Waals surface area contributed by atoms with E-state index in [-0.39, 0.29) is 5.69 Å². The number of hydrogen-bond acceptors (Lipinski definition) is 4. The smallest absolute Gasteiger partial charge is 0.264 e. The van der Waals surface area contributed by atoms with Gasteiger partial charge in [0.2, 0.25) is 0 Å². The van der Waals surface area contributed by atoms with Gasteiger partial charge in [-0.05, 0) is 30.7 Å². The number of nitrogens with two attached hydrogens (primary N) is 1. The van der Waals surface area contributed by atoms with Gasteiger partial charge in [-0.15, -0.1) is 0 Å². The molecule has 0 fully saturated rings. The average molecular weight is 313 g/mol. The van der Waals surface area contributed by atoms with Crippen LogP contribution in [0.4, 0.5) is 14.5 Å². The molecular formula is C13H13F2N3O2S. The van der Waals surface area contributed by atoms with Crippen LogP contribution in [0.5, 0.6) is 0 Å². The maximum absolute atomic E-state index is 14.1. The Balaban J connectivity index is 2.48. The van der Waals surface area contributed by atoms with Gasteiger partial charge < -0.3 is 5.73 Å². The summed E-state index contributed by atoms with van der Waals surface area (Å²) in [6.07, 6.45) is 2.86. The van der Waals surface area contributed by atoms with Crippen molar-refractivity contribution in [2.45, 2.75) is 18.4 Å². The van der Waals surface area contributed by atoms with E-state index in [9.17, 15) is 17.2 Å². The van der Waals surface area contributed by atoms with Gasteiger partial charge in [-0.3, -0.25) is 9.71 Å². The van der Waals surface area contributed by atoms with Crippen molar-refractivity contribution in [3.05, 3.63) is 53.4 Å². The Hall–Kier alpha value is -2.06. The third-order valence-electron chi connectivity index (χ3n) is 2.91. The van der Waals surface area contributed by atoms with E-state index in [0.29, 0.717) is 5.56 Å². The third-order valence-corrected chi connectivity index (χ3v) is 4.29. The number of nitrogens with one attached hydrogen (secondary N) is 1.